The molecule has 2 N–H and O–H groups in total. The minimum absolute atomic E-state index is 0.501. The maximum atomic E-state index is 10.4. The lowest BCUT2D eigenvalue weighted by atomic mass is 9.85. The first-order chi connectivity index (χ1) is 9.23. The van der Waals surface area contributed by atoms with Crippen molar-refractivity contribution in [2.24, 2.45) is 0 Å². The van der Waals surface area contributed by atoms with Crippen LogP contribution in [0.5, 0.6) is 5.75 Å². The van der Waals surface area contributed by atoms with Crippen molar-refractivity contribution in [3.8, 4) is 5.75 Å². The Labute approximate surface area is 116 Å². The van der Waals surface area contributed by atoms with Gasteiger partial charge in [0.25, 0.3) is 0 Å². The topological polar surface area (TPSA) is 41.5 Å². The summed E-state index contributed by atoms with van der Waals surface area (Å²) in [6, 6.07) is 8.08. The van der Waals surface area contributed by atoms with Gasteiger partial charge in [0.15, 0.2) is 0 Å². The smallest absolute Gasteiger partial charge is 0.123 e. The van der Waals surface area contributed by atoms with Gasteiger partial charge < -0.3 is 15.2 Å². The molecule has 1 aliphatic rings. The van der Waals surface area contributed by atoms with Crippen molar-refractivity contribution in [1.29, 1.82) is 0 Å². The van der Waals surface area contributed by atoms with Crippen LogP contribution in [0.15, 0.2) is 24.3 Å². The summed E-state index contributed by atoms with van der Waals surface area (Å²) in [6.07, 6.45) is 5.40. The molecule has 0 saturated heterocycles. The van der Waals surface area contributed by atoms with Gasteiger partial charge in [-0.2, -0.15) is 0 Å². The average Bonchev–Trinajstić information content (AvgIpc) is 2.42. The van der Waals surface area contributed by atoms with Crippen molar-refractivity contribution in [3.63, 3.8) is 0 Å². The first-order valence-corrected chi connectivity index (χ1v) is 7.37. The van der Waals surface area contributed by atoms with E-state index in [4.69, 9.17) is 4.74 Å². The molecule has 2 rings (SSSR count). The number of hydrogen-bond donors (Lipinski definition) is 2. The number of ether oxygens (including phenoxy) is 1. The van der Waals surface area contributed by atoms with Crippen molar-refractivity contribution in [3.05, 3.63) is 29.8 Å². The molecule has 3 heteroatoms. The molecule has 19 heavy (non-hydrogen) atoms. The molecule has 1 aromatic carbocycles. The molecule has 0 bridgehead atoms. The second kappa shape index (κ2) is 6.92. The summed E-state index contributed by atoms with van der Waals surface area (Å²) in [5, 5.41) is 13.8. The van der Waals surface area contributed by atoms with Gasteiger partial charge in [0, 0.05) is 18.7 Å². The van der Waals surface area contributed by atoms with E-state index < -0.39 is 5.60 Å². The first-order valence-electron chi connectivity index (χ1n) is 7.37. The van der Waals surface area contributed by atoms with E-state index in [1.807, 2.05) is 25.1 Å². The maximum Gasteiger partial charge on any atom is 0.123 e. The van der Waals surface area contributed by atoms with Gasteiger partial charge in [-0.15, -0.1) is 0 Å². The van der Waals surface area contributed by atoms with Crippen molar-refractivity contribution in [1.82, 2.24) is 5.32 Å². The minimum atomic E-state index is -0.501. The van der Waals surface area contributed by atoms with Gasteiger partial charge in [-0.25, -0.2) is 0 Å². The van der Waals surface area contributed by atoms with Crippen LogP contribution in [0.4, 0.5) is 0 Å². The van der Waals surface area contributed by atoms with E-state index in [2.05, 4.69) is 11.4 Å². The van der Waals surface area contributed by atoms with Crippen LogP contribution >= 0.6 is 0 Å². The zero-order chi connectivity index (χ0) is 13.6. The summed E-state index contributed by atoms with van der Waals surface area (Å²) >= 11 is 0. The van der Waals surface area contributed by atoms with E-state index in [1.165, 1.54) is 6.42 Å². The summed E-state index contributed by atoms with van der Waals surface area (Å²) < 4.78 is 5.60. The van der Waals surface area contributed by atoms with Gasteiger partial charge >= 0.3 is 0 Å². The first kappa shape index (κ1) is 14.4. The maximum absolute atomic E-state index is 10.4. The van der Waals surface area contributed by atoms with Crippen LogP contribution in [-0.2, 0) is 6.54 Å². The Morgan fingerprint density at radius 3 is 2.68 bits per heavy atom. The molecule has 0 atom stereocenters. The van der Waals surface area contributed by atoms with Crippen molar-refractivity contribution in [2.45, 2.75) is 51.2 Å². The van der Waals surface area contributed by atoms with Crippen molar-refractivity contribution >= 4 is 0 Å². The normalized spacial score (nSPS) is 18.2. The third kappa shape index (κ3) is 4.22. The molecular formula is C16H25NO2. The summed E-state index contributed by atoms with van der Waals surface area (Å²) in [6.45, 7) is 4.10. The highest BCUT2D eigenvalue weighted by Crippen LogP contribution is 2.27. The molecule has 3 nitrogen and oxygen atoms in total. The highest BCUT2D eigenvalue weighted by Gasteiger charge is 2.28. The van der Waals surface area contributed by atoms with E-state index in [-0.39, 0.29) is 0 Å². The predicted molar refractivity (Wildman–Crippen MR) is 77.4 cm³/mol. The van der Waals surface area contributed by atoms with Gasteiger partial charge in [0.2, 0.25) is 0 Å². The molecule has 0 spiro atoms. The Bertz CT molecular complexity index is 386. The lowest BCUT2D eigenvalue weighted by Gasteiger charge is -2.32. The third-order valence-electron chi connectivity index (χ3n) is 3.83. The minimum Gasteiger partial charge on any atom is -0.494 e. The zero-order valence-corrected chi connectivity index (χ0v) is 11.8. The Hall–Kier alpha value is -1.06. The number of para-hydroxylation sites is 1. The molecule has 0 aliphatic heterocycles. The molecule has 0 aromatic heterocycles. The highest BCUT2D eigenvalue weighted by molar-refractivity contribution is 5.33. The number of nitrogens with one attached hydrogen (secondary N) is 1. The van der Waals surface area contributed by atoms with Crippen LogP contribution in [0, 0.1) is 0 Å². The summed E-state index contributed by atoms with van der Waals surface area (Å²) in [7, 11) is 0. The fraction of sp³-hybridized carbons (Fsp3) is 0.625. The predicted octanol–water partition coefficient (Wildman–Crippen LogP) is 2.87. The van der Waals surface area contributed by atoms with E-state index in [1.54, 1.807) is 0 Å². The van der Waals surface area contributed by atoms with Crippen LogP contribution in [0.2, 0.25) is 0 Å². The largest absolute Gasteiger partial charge is 0.494 e. The number of hydrogen-bond acceptors (Lipinski definition) is 3. The fourth-order valence-electron chi connectivity index (χ4n) is 2.76. The van der Waals surface area contributed by atoms with Crippen LogP contribution in [0.3, 0.4) is 0 Å². The number of benzene rings is 1. The molecule has 1 aliphatic carbocycles. The Kier molecular flexibility index (Phi) is 5.23. The lowest BCUT2D eigenvalue weighted by molar-refractivity contribution is 0.00463. The molecule has 1 saturated carbocycles. The van der Waals surface area contributed by atoms with Crippen LogP contribution in [-0.4, -0.2) is 23.9 Å². The van der Waals surface area contributed by atoms with Crippen molar-refractivity contribution in [2.75, 3.05) is 13.2 Å². The van der Waals surface area contributed by atoms with Gasteiger partial charge in [-0.3, -0.25) is 0 Å². The van der Waals surface area contributed by atoms with Crippen LogP contribution in [0.25, 0.3) is 0 Å². The number of rotatable bonds is 6. The molecule has 0 heterocycles. The Morgan fingerprint density at radius 2 is 1.95 bits per heavy atom. The molecule has 0 unspecified atom stereocenters. The fourth-order valence-corrected chi connectivity index (χ4v) is 2.76. The molecule has 0 radical (unpaired) electrons. The van der Waals surface area contributed by atoms with E-state index in [0.29, 0.717) is 13.2 Å². The summed E-state index contributed by atoms with van der Waals surface area (Å²) in [4.78, 5) is 0. The van der Waals surface area contributed by atoms with Gasteiger partial charge in [0.1, 0.15) is 5.75 Å². The molecular weight excluding hydrogens is 238 g/mol. The lowest BCUT2D eigenvalue weighted by Crippen LogP contribution is -2.41. The summed E-state index contributed by atoms with van der Waals surface area (Å²) in [5.74, 6) is 0.938. The Morgan fingerprint density at radius 1 is 1.21 bits per heavy atom. The molecule has 0 amide bonds. The summed E-state index contributed by atoms with van der Waals surface area (Å²) in [5.41, 5.74) is 0.655. The molecule has 1 aromatic rings. The average molecular weight is 263 g/mol. The van der Waals surface area contributed by atoms with Crippen LogP contribution < -0.4 is 10.1 Å². The SMILES string of the molecule is CCOc1ccccc1CNCC1(O)CCCCC1. The standard InChI is InChI=1S/C16H25NO2/c1-2-19-15-9-5-4-8-14(15)12-17-13-16(18)10-6-3-7-11-16/h4-5,8-9,17-18H,2-3,6-7,10-13H2,1H3. The highest BCUT2D eigenvalue weighted by atomic mass is 16.5. The van der Waals surface area contributed by atoms with Gasteiger partial charge in [-0.05, 0) is 25.8 Å². The van der Waals surface area contributed by atoms with Gasteiger partial charge in [-0.1, -0.05) is 37.5 Å². The third-order valence-corrected chi connectivity index (χ3v) is 3.83. The Balaban J connectivity index is 1.85. The van der Waals surface area contributed by atoms with Crippen molar-refractivity contribution < 1.29 is 9.84 Å². The molecule has 1 fully saturated rings. The second-order valence-electron chi connectivity index (χ2n) is 5.43. The van der Waals surface area contributed by atoms with E-state index in [9.17, 15) is 5.11 Å². The number of aliphatic hydroxyl groups is 1. The van der Waals surface area contributed by atoms with Crippen LogP contribution in [0.1, 0.15) is 44.6 Å². The van der Waals surface area contributed by atoms with Gasteiger partial charge in [0.05, 0.1) is 12.2 Å². The zero-order valence-electron chi connectivity index (χ0n) is 11.8. The quantitative estimate of drug-likeness (QED) is 0.829. The second-order valence-corrected chi connectivity index (χ2v) is 5.43. The monoisotopic (exact) mass is 263 g/mol. The molecule has 106 valence electrons. The van der Waals surface area contributed by atoms with E-state index in [0.717, 1.165) is 43.5 Å². The van der Waals surface area contributed by atoms with E-state index >= 15 is 0 Å².